The molecule has 0 aliphatic rings. The maximum absolute atomic E-state index is 6.17. The summed E-state index contributed by atoms with van der Waals surface area (Å²) >= 11 is 0. The maximum Gasteiger partial charge on any atom is 0.118 e. The molecular formula is C15H25NO2. The summed E-state index contributed by atoms with van der Waals surface area (Å²) in [6, 6.07) is 7.92. The average molecular weight is 251 g/mol. The zero-order valence-electron chi connectivity index (χ0n) is 12.1. The minimum absolute atomic E-state index is 0.00220. The van der Waals surface area contributed by atoms with E-state index in [9.17, 15) is 0 Å². The van der Waals surface area contributed by atoms with E-state index in [1.807, 2.05) is 45.0 Å². The lowest BCUT2D eigenvalue weighted by molar-refractivity contribution is -0.0728. The second-order valence-corrected chi connectivity index (χ2v) is 5.50. The Hall–Kier alpha value is -1.06. The van der Waals surface area contributed by atoms with Gasteiger partial charge in [0.05, 0.1) is 18.8 Å². The van der Waals surface area contributed by atoms with Crippen molar-refractivity contribution >= 4 is 0 Å². The Morgan fingerprint density at radius 3 is 2.11 bits per heavy atom. The van der Waals surface area contributed by atoms with E-state index in [-0.39, 0.29) is 17.7 Å². The van der Waals surface area contributed by atoms with Crippen LogP contribution < -0.4 is 10.5 Å². The highest BCUT2D eigenvalue weighted by Crippen LogP contribution is 2.28. The van der Waals surface area contributed by atoms with Crippen LogP contribution in [-0.2, 0) is 4.74 Å². The second kappa shape index (κ2) is 6.21. The van der Waals surface area contributed by atoms with Gasteiger partial charge in [0, 0.05) is 6.04 Å². The van der Waals surface area contributed by atoms with Crippen LogP contribution in [0.15, 0.2) is 24.3 Å². The van der Waals surface area contributed by atoms with Gasteiger partial charge in [-0.15, -0.1) is 0 Å². The first-order chi connectivity index (χ1) is 8.37. The van der Waals surface area contributed by atoms with E-state index in [4.69, 9.17) is 15.2 Å². The number of rotatable bonds is 5. The predicted octanol–water partition coefficient (Wildman–Crippen LogP) is 3.29. The summed E-state index contributed by atoms with van der Waals surface area (Å²) < 4.78 is 11.2. The first-order valence-electron chi connectivity index (χ1n) is 6.44. The van der Waals surface area contributed by atoms with Gasteiger partial charge in [-0.05, 0) is 44.9 Å². The van der Waals surface area contributed by atoms with Crippen molar-refractivity contribution in [2.45, 2.75) is 51.9 Å². The van der Waals surface area contributed by atoms with E-state index in [0.29, 0.717) is 0 Å². The van der Waals surface area contributed by atoms with Gasteiger partial charge in [0.25, 0.3) is 0 Å². The molecule has 0 heterocycles. The van der Waals surface area contributed by atoms with E-state index in [1.54, 1.807) is 7.11 Å². The van der Waals surface area contributed by atoms with Gasteiger partial charge in [-0.2, -0.15) is 0 Å². The van der Waals surface area contributed by atoms with Crippen LogP contribution in [0.1, 0.15) is 45.8 Å². The normalized spacial score (nSPS) is 15.2. The molecule has 0 saturated heterocycles. The first-order valence-corrected chi connectivity index (χ1v) is 6.44. The van der Waals surface area contributed by atoms with Crippen LogP contribution in [0.3, 0.4) is 0 Å². The molecule has 0 fully saturated rings. The lowest BCUT2D eigenvalue weighted by Crippen LogP contribution is -2.34. The Kier molecular flexibility index (Phi) is 5.17. The molecular weight excluding hydrogens is 226 g/mol. The Morgan fingerprint density at radius 2 is 1.72 bits per heavy atom. The van der Waals surface area contributed by atoms with Crippen molar-refractivity contribution in [2.75, 3.05) is 7.11 Å². The first kappa shape index (κ1) is 15.0. The molecule has 3 heteroatoms. The van der Waals surface area contributed by atoms with Crippen LogP contribution in [0.2, 0.25) is 0 Å². The molecule has 0 radical (unpaired) electrons. The highest BCUT2D eigenvalue weighted by molar-refractivity contribution is 5.29. The Balaban J connectivity index is 2.94. The zero-order chi connectivity index (χ0) is 13.8. The minimum Gasteiger partial charge on any atom is -0.497 e. The molecule has 0 saturated carbocycles. The van der Waals surface area contributed by atoms with Gasteiger partial charge >= 0.3 is 0 Å². The maximum atomic E-state index is 6.17. The molecule has 0 spiro atoms. The number of methoxy groups -OCH3 is 1. The quantitative estimate of drug-likeness (QED) is 0.873. The Bertz CT molecular complexity index is 354. The van der Waals surface area contributed by atoms with Gasteiger partial charge in [0.1, 0.15) is 5.75 Å². The summed E-state index contributed by atoms with van der Waals surface area (Å²) in [5.74, 6) is 0.846. The molecule has 2 atom stereocenters. The summed E-state index contributed by atoms with van der Waals surface area (Å²) in [5, 5.41) is 0. The van der Waals surface area contributed by atoms with Gasteiger partial charge in [0.15, 0.2) is 0 Å². The van der Waals surface area contributed by atoms with Gasteiger partial charge < -0.3 is 15.2 Å². The van der Waals surface area contributed by atoms with Crippen LogP contribution in [0, 0.1) is 0 Å². The van der Waals surface area contributed by atoms with E-state index in [2.05, 4.69) is 6.92 Å². The molecule has 0 aliphatic heterocycles. The highest BCUT2D eigenvalue weighted by Gasteiger charge is 2.25. The van der Waals surface area contributed by atoms with Gasteiger partial charge in [-0.1, -0.05) is 19.1 Å². The minimum atomic E-state index is -0.211. The molecule has 102 valence electrons. The number of ether oxygens (including phenoxy) is 2. The number of benzene rings is 1. The summed E-state index contributed by atoms with van der Waals surface area (Å²) in [4.78, 5) is 0. The molecule has 2 unspecified atom stereocenters. The Morgan fingerprint density at radius 1 is 1.17 bits per heavy atom. The SMILES string of the molecule is CCC(N)C(OC(C)(C)C)c1ccc(OC)cc1. The lowest BCUT2D eigenvalue weighted by atomic mass is 9.99. The molecule has 3 nitrogen and oxygen atoms in total. The van der Waals surface area contributed by atoms with Crippen LogP contribution in [0.5, 0.6) is 5.75 Å². The third kappa shape index (κ3) is 4.31. The molecule has 1 aromatic carbocycles. The fourth-order valence-corrected chi connectivity index (χ4v) is 1.79. The van der Waals surface area contributed by atoms with Crippen molar-refractivity contribution in [3.05, 3.63) is 29.8 Å². The van der Waals surface area contributed by atoms with Crippen LogP contribution in [0.25, 0.3) is 0 Å². The summed E-state index contributed by atoms with van der Waals surface area (Å²) in [7, 11) is 1.66. The van der Waals surface area contributed by atoms with Gasteiger partial charge in [-0.25, -0.2) is 0 Å². The average Bonchev–Trinajstić information content (AvgIpc) is 2.34. The molecule has 2 N–H and O–H groups in total. The molecule has 0 bridgehead atoms. The molecule has 0 aliphatic carbocycles. The lowest BCUT2D eigenvalue weighted by Gasteiger charge is -2.31. The number of nitrogens with two attached hydrogens (primary N) is 1. The molecule has 18 heavy (non-hydrogen) atoms. The number of hydrogen-bond acceptors (Lipinski definition) is 3. The van der Waals surface area contributed by atoms with Crippen molar-refractivity contribution in [3.63, 3.8) is 0 Å². The van der Waals surface area contributed by atoms with Crippen LogP contribution in [-0.4, -0.2) is 18.8 Å². The molecule has 1 rings (SSSR count). The molecule has 1 aromatic rings. The predicted molar refractivity (Wildman–Crippen MR) is 74.8 cm³/mol. The van der Waals surface area contributed by atoms with E-state index >= 15 is 0 Å². The van der Waals surface area contributed by atoms with Crippen LogP contribution in [0.4, 0.5) is 0 Å². The van der Waals surface area contributed by atoms with E-state index < -0.39 is 0 Å². The van der Waals surface area contributed by atoms with Crippen molar-refractivity contribution in [1.29, 1.82) is 0 Å². The van der Waals surface area contributed by atoms with Gasteiger partial charge in [-0.3, -0.25) is 0 Å². The van der Waals surface area contributed by atoms with Crippen LogP contribution >= 0.6 is 0 Å². The number of hydrogen-bond donors (Lipinski definition) is 1. The zero-order valence-corrected chi connectivity index (χ0v) is 12.1. The monoisotopic (exact) mass is 251 g/mol. The standard InChI is InChI=1S/C15H25NO2/c1-6-13(16)14(18-15(2,3)4)11-7-9-12(17-5)10-8-11/h7-10,13-14H,6,16H2,1-5H3. The summed E-state index contributed by atoms with van der Waals surface area (Å²) in [6.07, 6.45) is 0.799. The van der Waals surface area contributed by atoms with Crippen molar-refractivity contribution < 1.29 is 9.47 Å². The van der Waals surface area contributed by atoms with Crippen molar-refractivity contribution in [3.8, 4) is 5.75 Å². The molecule has 0 aromatic heterocycles. The van der Waals surface area contributed by atoms with Crippen molar-refractivity contribution in [2.24, 2.45) is 5.73 Å². The third-order valence-electron chi connectivity index (χ3n) is 2.79. The smallest absolute Gasteiger partial charge is 0.118 e. The highest BCUT2D eigenvalue weighted by atomic mass is 16.5. The van der Waals surface area contributed by atoms with Gasteiger partial charge in [0.2, 0.25) is 0 Å². The van der Waals surface area contributed by atoms with E-state index in [0.717, 1.165) is 17.7 Å². The summed E-state index contributed by atoms with van der Waals surface area (Å²) in [6.45, 7) is 8.22. The largest absolute Gasteiger partial charge is 0.497 e. The fraction of sp³-hybridized carbons (Fsp3) is 0.600. The van der Waals surface area contributed by atoms with Crippen molar-refractivity contribution in [1.82, 2.24) is 0 Å². The molecule has 0 amide bonds. The Labute approximate surface area is 110 Å². The second-order valence-electron chi connectivity index (χ2n) is 5.50. The topological polar surface area (TPSA) is 44.5 Å². The van der Waals surface area contributed by atoms with E-state index in [1.165, 1.54) is 0 Å². The fourth-order valence-electron chi connectivity index (χ4n) is 1.79. The summed E-state index contributed by atoms with van der Waals surface area (Å²) in [5.41, 5.74) is 7.06. The third-order valence-corrected chi connectivity index (χ3v) is 2.79.